The zero-order chi connectivity index (χ0) is 51.5. The fourth-order valence-corrected chi connectivity index (χ4v) is 9.13. The van der Waals surface area contributed by atoms with Gasteiger partial charge >= 0.3 is 0 Å². The molecule has 5 aliphatic heterocycles. The molecule has 0 bridgehead atoms. The topological polar surface area (TPSA) is 219 Å². The predicted molar refractivity (Wildman–Crippen MR) is 272 cm³/mol. The molecule has 19 nitrogen and oxygen atoms in total. The third kappa shape index (κ3) is 10.4. The molecule has 4 aromatic carbocycles. The molecule has 5 aliphatic rings. The smallest absolute Gasteiger partial charge is 0.260 e. The Hall–Kier alpha value is -8.32. The minimum Gasteiger partial charge on any atom is -0.497 e. The van der Waals surface area contributed by atoms with E-state index in [2.05, 4.69) is 16.1 Å². The van der Waals surface area contributed by atoms with E-state index in [9.17, 15) is 28.8 Å². The lowest BCUT2D eigenvalue weighted by atomic mass is 10.0. The molecular formula is C54H56N8O11. The van der Waals surface area contributed by atoms with Crippen molar-refractivity contribution in [3.8, 4) is 28.7 Å². The van der Waals surface area contributed by atoms with Gasteiger partial charge in [-0.15, -0.1) is 0 Å². The average Bonchev–Trinajstić information content (AvgIpc) is 4.07. The van der Waals surface area contributed by atoms with Crippen LogP contribution in [0.4, 0.5) is 17.1 Å². The van der Waals surface area contributed by atoms with Gasteiger partial charge in [-0.1, -0.05) is 38.1 Å². The molecule has 0 saturated carbocycles. The molecule has 0 aromatic heterocycles. The molecule has 6 amide bonds. The molecule has 0 unspecified atom stereocenters. The number of anilines is 1. The number of fused-ring (bicyclic) bond motifs is 4. The largest absolute Gasteiger partial charge is 0.497 e. The highest BCUT2D eigenvalue weighted by molar-refractivity contribution is 6.07. The van der Waals surface area contributed by atoms with Crippen molar-refractivity contribution in [3.63, 3.8) is 0 Å². The molecule has 0 radical (unpaired) electrons. The minimum absolute atomic E-state index is 0.0779. The lowest BCUT2D eigenvalue weighted by Gasteiger charge is -2.27. The van der Waals surface area contributed by atoms with Gasteiger partial charge in [-0.3, -0.25) is 38.8 Å². The number of carbonyl (C=O) groups excluding carboxylic acids is 6. The van der Waals surface area contributed by atoms with Crippen LogP contribution >= 0.6 is 0 Å². The predicted octanol–water partition coefficient (Wildman–Crippen LogP) is 6.62. The number of hydrogen-bond donors (Lipinski definition) is 3. The Morgan fingerprint density at radius 1 is 0.644 bits per heavy atom. The number of carbonyl (C=O) groups is 6. The van der Waals surface area contributed by atoms with E-state index in [0.29, 0.717) is 70.4 Å². The Balaban J connectivity index is 0.778. The van der Waals surface area contributed by atoms with Gasteiger partial charge in [0.05, 0.1) is 69.1 Å². The van der Waals surface area contributed by atoms with E-state index >= 15 is 0 Å². The van der Waals surface area contributed by atoms with Crippen LogP contribution in [-0.2, 0) is 19.2 Å². The van der Waals surface area contributed by atoms with E-state index in [1.165, 1.54) is 14.2 Å². The Morgan fingerprint density at radius 3 is 1.60 bits per heavy atom. The van der Waals surface area contributed by atoms with Crippen LogP contribution < -0.4 is 39.7 Å². The maximum absolute atomic E-state index is 14.1. The van der Waals surface area contributed by atoms with E-state index in [-0.39, 0.29) is 55.9 Å². The summed E-state index contributed by atoms with van der Waals surface area (Å²) >= 11 is 0. The van der Waals surface area contributed by atoms with Gasteiger partial charge in [-0.25, -0.2) is 10.4 Å². The van der Waals surface area contributed by atoms with Gasteiger partial charge in [-0.2, -0.15) is 0 Å². The summed E-state index contributed by atoms with van der Waals surface area (Å²) in [4.78, 5) is 91.2. The van der Waals surface area contributed by atoms with Gasteiger partial charge in [0.25, 0.3) is 11.8 Å². The second-order valence-electron chi connectivity index (χ2n) is 18.4. The van der Waals surface area contributed by atoms with Gasteiger partial charge in [-0.05, 0) is 71.5 Å². The molecule has 4 aromatic rings. The first-order valence-corrected chi connectivity index (χ1v) is 24.1. The number of amides is 6. The quantitative estimate of drug-likeness (QED) is 0.0708. The van der Waals surface area contributed by atoms with Crippen LogP contribution in [0.1, 0.15) is 84.7 Å². The van der Waals surface area contributed by atoms with Crippen LogP contribution in [0.15, 0.2) is 95.2 Å². The number of imide groups is 1. The van der Waals surface area contributed by atoms with Crippen LogP contribution in [0.2, 0.25) is 0 Å². The summed E-state index contributed by atoms with van der Waals surface area (Å²) in [6.07, 6.45) is 8.98. The Bertz CT molecular complexity index is 2970. The average molecular weight is 993 g/mol. The summed E-state index contributed by atoms with van der Waals surface area (Å²) in [6, 6.07) is 19.2. The number of benzene rings is 4. The number of hydrazine groups is 1. The number of rotatable bonds is 18. The Morgan fingerprint density at radius 2 is 1.14 bits per heavy atom. The molecule has 1 saturated heterocycles. The van der Waals surface area contributed by atoms with Crippen molar-refractivity contribution >= 4 is 76.1 Å². The molecule has 5 heterocycles. The monoisotopic (exact) mass is 992 g/mol. The first-order chi connectivity index (χ1) is 35.2. The highest BCUT2D eigenvalue weighted by Crippen LogP contribution is 2.42. The van der Waals surface area contributed by atoms with Gasteiger partial charge in [0.2, 0.25) is 23.6 Å². The molecule has 0 spiro atoms. The SMILES string of the molecule is COc1ccc(C2=CN3C(=O)c4cc(OC)c(OCCCOc5cc6c(cc5OC)C(=O)N5C=C(c7ccc(NC(=O)[C@H](C)NC(=O)[C@@H](NN8C(=O)CCC8=O)C(C)C)cc7)C[C@H]5C=N6)cc4N=C[C@@H]3C2)cc1. The van der Waals surface area contributed by atoms with Crippen molar-refractivity contribution in [2.24, 2.45) is 15.9 Å². The fourth-order valence-electron chi connectivity index (χ4n) is 9.13. The van der Waals surface area contributed by atoms with Crippen LogP contribution in [-0.4, -0.2) is 121 Å². The lowest BCUT2D eigenvalue weighted by Crippen LogP contribution is -2.58. The van der Waals surface area contributed by atoms with E-state index in [4.69, 9.17) is 33.7 Å². The standard InChI is InChI=1S/C54H56N8O11/c1-30(2)50(59-62-48(63)16-17-49(62)64)52(66)57-31(3)51(65)58-36-12-8-32(9-13-36)34-20-37-26-55-42-24-46(44(70-5)22-40(42)53(67)60(37)28-34)72-18-7-19-73-47-25-43-41(23-45(47)71-6)54(68)61-29-35(21-38(61)27-56-43)33-10-14-39(69-4)15-11-33/h8-15,22-31,37-38,50,59H,7,16-21H2,1-6H3,(H,57,66)(H,58,65)/t31-,37-,38-,50-/m0/s1. The van der Waals surface area contributed by atoms with Crippen molar-refractivity contribution in [3.05, 3.63) is 107 Å². The van der Waals surface area contributed by atoms with Crippen molar-refractivity contribution in [2.75, 3.05) is 39.9 Å². The first kappa shape index (κ1) is 49.7. The summed E-state index contributed by atoms with van der Waals surface area (Å²) in [5.74, 6) is -0.132. The van der Waals surface area contributed by atoms with E-state index < -0.39 is 35.7 Å². The van der Waals surface area contributed by atoms with Gasteiger partial charge in [0.1, 0.15) is 17.8 Å². The van der Waals surface area contributed by atoms with E-state index in [0.717, 1.165) is 33.0 Å². The number of ether oxygens (including phenoxy) is 5. The lowest BCUT2D eigenvalue weighted by molar-refractivity contribution is -0.145. The van der Waals surface area contributed by atoms with Gasteiger partial charge in [0, 0.05) is 74.8 Å². The Kier molecular flexibility index (Phi) is 14.4. The molecule has 19 heteroatoms. The summed E-state index contributed by atoms with van der Waals surface area (Å²) in [5, 5.41) is 6.38. The maximum Gasteiger partial charge on any atom is 0.260 e. The molecule has 4 atom stereocenters. The first-order valence-electron chi connectivity index (χ1n) is 24.1. The van der Waals surface area contributed by atoms with Crippen LogP contribution in [0, 0.1) is 5.92 Å². The summed E-state index contributed by atoms with van der Waals surface area (Å²) < 4.78 is 28.9. The van der Waals surface area contributed by atoms with Crippen LogP contribution in [0.25, 0.3) is 11.1 Å². The van der Waals surface area contributed by atoms with Crippen LogP contribution in [0.3, 0.4) is 0 Å². The van der Waals surface area contributed by atoms with Gasteiger partial charge < -0.3 is 44.1 Å². The van der Waals surface area contributed by atoms with Crippen molar-refractivity contribution in [1.82, 2.24) is 25.6 Å². The maximum atomic E-state index is 14.1. The van der Waals surface area contributed by atoms with Crippen molar-refractivity contribution in [1.29, 1.82) is 0 Å². The molecule has 9 rings (SSSR count). The summed E-state index contributed by atoms with van der Waals surface area (Å²) in [5.41, 5.74) is 8.70. The minimum atomic E-state index is -0.931. The zero-order valence-corrected chi connectivity index (χ0v) is 41.3. The second kappa shape index (κ2) is 21.2. The molecule has 378 valence electrons. The van der Waals surface area contributed by atoms with Gasteiger partial charge in [0.15, 0.2) is 23.0 Å². The second-order valence-corrected chi connectivity index (χ2v) is 18.4. The number of nitrogens with zero attached hydrogens (tertiary/aromatic N) is 5. The fraction of sp³-hybridized carbons (Fsp3) is 0.333. The summed E-state index contributed by atoms with van der Waals surface area (Å²) in [7, 11) is 4.65. The highest BCUT2D eigenvalue weighted by atomic mass is 16.5. The van der Waals surface area contributed by atoms with Crippen molar-refractivity contribution < 1.29 is 52.5 Å². The normalized spacial score (nSPS) is 18.5. The Labute approximate surface area is 421 Å². The number of hydrogen-bond acceptors (Lipinski definition) is 14. The third-order valence-corrected chi connectivity index (χ3v) is 13.2. The third-order valence-electron chi connectivity index (χ3n) is 13.2. The van der Waals surface area contributed by atoms with E-state index in [1.54, 1.807) is 86.5 Å². The van der Waals surface area contributed by atoms with E-state index in [1.807, 2.05) is 48.8 Å². The van der Waals surface area contributed by atoms with Crippen LogP contribution in [0.5, 0.6) is 28.7 Å². The molecule has 73 heavy (non-hydrogen) atoms. The van der Waals surface area contributed by atoms with Crippen molar-refractivity contribution in [2.45, 2.75) is 77.0 Å². The number of nitrogens with one attached hydrogen (secondary N) is 3. The molecular weight excluding hydrogens is 937 g/mol. The zero-order valence-electron chi connectivity index (χ0n) is 41.3. The molecule has 1 fully saturated rings. The molecule has 0 aliphatic carbocycles. The molecule has 3 N–H and O–H groups in total. The number of aliphatic imine (C=N–C) groups is 2. The highest BCUT2D eigenvalue weighted by Gasteiger charge is 2.37. The summed E-state index contributed by atoms with van der Waals surface area (Å²) in [6.45, 7) is 5.59. The number of methoxy groups -OCH3 is 3.